The lowest BCUT2D eigenvalue weighted by Gasteiger charge is -1.94. The van der Waals surface area contributed by atoms with Gasteiger partial charge in [-0.05, 0) is 0 Å². The first-order valence-electron chi connectivity index (χ1n) is 2.49. The summed E-state index contributed by atoms with van der Waals surface area (Å²) in [4.78, 5) is 13.2. The number of carbonyl (C=O) groups is 1. The molecule has 0 radical (unpaired) electrons. The van der Waals surface area contributed by atoms with E-state index in [2.05, 4.69) is 20.7 Å². The molecular formula is C5H7BrN2O. The van der Waals surface area contributed by atoms with Crippen LogP contribution in [-0.2, 0) is 4.79 Å². The van der Waals surface area contributed by atoms with E-state index in [1.165, 1.54) is 0 Å². The lowest BCUT2D eigenvalue weighted by atomic mass is 10.1. The predicted octanol–water partition coefficient (Wildman–Crippen LogP) is 0.887. The lowest BCUT2D eigenvalue weighted by molar-refractivity contribution is -0.118. The molecule has 0 saturated carbocycles. The average molecular weight is 191 g/mol. The van der Waals surface area contributed by atoms with Gasteiger partial charge in [-0.1, -0.05) is 22.9 Å². The Kier molecular flexibility index (Phi) is 4.18. The third-order valence-electron chi connectivity index (χ3n) is 0.902. The molecule has 0 fully saturated rings. The summed E-state index contributed by atoms with van der Waals surface area (Å²) in [5.41, 5.74) is 7.91. The van der Waals surface area contributed by atoms with Crippen LogP contribution >= 0.6 is 15.9 Å². The van der Waals surface area contributed by atoms with E-state index >= 15 is 0 Å². The third kappa shape index (κ3) is 3.16. The zero-order chi connectivity index (χ0) is 7.28. The van der Waals surface area contributed by atoms with Crippen LogP contribution in [0.5, 0.6) is 0 Å². The minimum Gasteiger partial charge on any atom is -0.361 e. The summed E-state index contributed by atoms with van der Waals surface area (Å²) in [5.74, 6) is -0.282. The highest BCUT2D eigenvalue weighted by molar-refractivity contribution is 9.09. The van der Waals surface area contributed by atoms with Crippen molar-refractivity contribution in [3.05, 3.63) is 5.53 Å². The number of nitrogens with zero attached hydrogens (tertiary/aromatic N) is 2. The molecule has 50 valence electrons. The maximum atomic E-state index is 10.6. The smallest absolute Gasteiger partial charge is 0.323 e. The average Bonchev–Trinajstić information content (AvgIpc) is 1.87. The molecule has 0 aliphatic heterocycles. The molecule has 0 aromatic carbocycles. The highest BCUT2D eigenvalue weighted by atomic mass is 79.9. The third-order valence-corrected chi connectivity index (χ3v) is 1.87. The minimum absolute atomic E-state index is 0.110. The van der Waals surface area contributed by atoms with E-state index < -0.39 is 0 Å². The number of ketones is 1. The Morgan fingerprint density at radius 3 is 2.89 bits per heavy atom. The summed E-state index contributed by atoms with van der Waals surface area (Å²) in [6.07, 6.45) is 0.909. The number of alkyl halides is 1. The molecule has 9 heavy (non-hydrogen) atoms. The minimum atomic E-state index is -0.172. The largest absolute Gasteiger partial charge is 0.361 e. The summed E-state index contributed by atoms with van der Waals surface area (Å²) in [5, 5.41) is 0.595. The van der Waals surface area contributed by atoms with E-state index in [-0.39, 0.29) is 11.7 Å². The zero-order valence-corrected chi connectivity index (χ0v) is 6.63. The van der Waals surface area contributed by atoms with Crippen molar-refractivity contribution in [2.45, 2.75) is 6.92 Å². The van der Waals surface area contributed by atoms with Gasteiger partial charge in [-0.3, -0.25) is 4.79 Å². The van der Waals surface area contributed by atoms with E-state index in [1.54, 1.807) is 6.92 Å². The monoisotopic (exact) mass is 190 g/mol. The summed E-state index contributed by atoms with van der Waals surface area (Å²) < 4.78 is 0. The van der Waals surface area contributed by atoms with Gasteiger partial charge in [0.1, 0.15) is 0 Å². The number of carbonyl (C=O) groups excluding carboxylic acids is 1. The number of hydrogen-bond donors (Lipinski definition) is 0. The lowest BCUT2D eigenvalue weighted by Crippen LogP contribution is -2.13. The molecule has 0 heterocycles. The quantitative estimate of drug-likeness (QED) is 0.283. The fourth-order valence-electron chi connectivity index (χ4n) is 0.260. The van der Waals surface area contributed by atoms with Gasteiger partial charge < -0.3 is 5.53 Å². The molecule has 0 amide bonds. The van der Waals surface area contributed by atoms with Crippen molar-refractivity contribution >= 4 is 27.9 Å². The number of Topliss-reactive ketones (excluding diaryl/α,β-unsaturated/α-hetero) is 1. The van der Waals surface area contributed by atoms with E-state index in [4.69, 9.17) is 5.53 Å². The molecule has 0 spiro atoms. The van der Waals surface area contributed by atoms with Crippen molar-refractivity contribution in [3.8, 4) is 0 Å². The zero-order valence-electron chi connectivity index (χ0n) is 5.04. The molecule has 0 aliphatic rings. The van der Waals surface area contributed by atoms with Crippen molar-refractivity contribution in [3.63, 3.8) is 0 Å². The van der Waals surface area contributed by atoms with Crippen molar-refractivity contribution in [1.82, 2.24) is 0 Å². The van der Waals surface area contributed by atoms with Crippen LogP contribution in [0.15, 0.2) is 0 Å². The van der Waals surface area contributed by atoms with Gasteiger partial charge in [-0.2, -0.15) is 4.79 Å². The van der Waals surface area contributed by atoms with Crippen molar-refractivity contribution in [2.24, 2.45) is 5.92 Å². The molecule has 0 aliphatic carbocycles. The fourth-order valence-corrected chi connectivity index (χ4v) is 0.579. The molecule has 0 aromatic heterocycles. The van der Waals surface area contributed by atoms with Crippen LogP contribution in [0.4, 0.5) is 0 Å². The van der Waals surface area contributed by atoms with E-state index in [0.29, 0.717) is 5.33 Å². The van der Waals surface area contributed by atoms with Gasteiger partial charge in [-0.15, -0.1) is 0 Å². The van der Waals surface area contributed by atoms with Gasteiger partial charge >= 0.3 is 6.21 Å². The standard InChI is InChI=1S/C5H7BrN2O/c1-4(2-6)5(9)3-8-7/h3-4H,2H2,1H3. The summed E-state index contributed by atoms with van der Waals surface area (Å²) in [6.45, 7) is 1.75. The number of halogens is 1. The molecule has 1 unspecified atom stereocenters. The highest BCUT2D eigenvalue weighted by Gasteiger charge is 2.11. The fraction of sp³-hybridized carbons (Fsp3) is 0.600. The molecule has 0 bridgehead atoms. The Balaban J connectivity index is 3.87. The Morgan fingerprint density at radius 1 is 2.00 bits per heavy atom. The van der Waals surface area contributed by atoms with Gasteiger partial charge in [0.15, 0.2) is 0 Å². The molecule has 0 saturated heterocycles. The molecule has 0 N–H and O–H groups in total. The van der Waals surface area contributed by atoms with E-state index in [9.17, 15) is 4.79 Å². The number of hydrogen-bond acceptors (Lipinski definition) is 1. The van der Waals surface area contributed by atoms with Crippen LogP contribution < -0.4 is 0 Å². The van der Waals surface area contributed by atoms with E-state index in [1.807, 2.05) is 0 Å². The first-order chi connectivity index (χ1) is 4.22. The van der Waals surface area contributed by atoms with Crippen molar-refractivity contribution in [2.75, 3.05) is 5.33 Å². The number of rotatable bonds is 3. The highest BCUT2D eigenvalue weighted by Crippen LogP contribution is 1.98. The normalized spacial score (nSPS) is 11.8. The predicted molar refractivity (Wildman–Crippen MR) is 37.6 cm³/mol. The van der Waals surface area contributed by atoms with Crippen LogP contribution in [0.2, 0.25) is 0 Å². The van der Waals surface area contributed by atoms with Gasteiger partial charge in [0.25, 0.3) is 0 Å². The first kappa shape index (κ1) is 8.53. The molecule has 3 nitrogen and oxygen atoms in total. The van der Waals surface area contributed by atoms with Gasteiger partial charge in [0.2, 0.25) is 5.78 Å². The summed E-state index contributed by atoms with van der Waals surface area (Å²) in [7, 11) is 0. The van der Waals surface area contributed by atoms with E-state index in [0.717, 1.165) is 6.21 Å². The Labute approximate surface area is 61.8 Å². The van der Waals surface area contributed by atoms with Crippen LogP contribution in [-0.4, -0.2) is 22.1 Å². The molecule has 0 aromatic rings. The maximum absolute atomic E-state index is 10.6. The Hall–Kier alpha value is -0.470. The van der Waals surface area contributed by atoms with Crippen molar-refractivity contribution < 1.29 is 9.58 Å². The van der Waals surface area contributed by atoms with Gasteiger partial charge in [0, 0.05) is 11.2 Å². The van der Waals surface area contributed by atoms with Crippen LogP contribution in [0.25, 0.3) is 5.53 Å². The second kappa shape index (κ2) is 4.41. The molecule has 0 rings (SSSR count). The Bertz CT molecular complexity index is 151. The van der Waals surface area contributed by atoms with Crippen LogP contribution in [0.3, 0.4) is 0 Å². The first-order valence-corrected chi connectivity index (χ1v) is 3.61. The topological polar surface area (TPSA) is 53.5 Å². The second-order valence-electron chi connectivity index (χ2n) is 1.70. The summed E-state index contributed by atoms with van der Waals surface area (Å²) >= 11 is 3.12. The van der Waals surface area contributed by atoms with Crippen molar-refractivity contribution in [1.29, 1.82) is 0 Å². The second-order valence-corrected chi connectivity index (χ2v) is 2.35. The van der Waals surface area contributed by atoms with Gasteiger partial charge in [-0.25, -0.2) is 0 Å². The molecule has 1 atom stereocenters. The molecular weight excluding hydrogens is 184 g/mol. The summed E-state index contributed by atoms with van der Waals surface area (Å²) in [6, 6.07) is 0. The molecule has 4 heteroatoms. The van der Waals surface area contributed by atoms with Crippen LogP contribution in [0, 0.1) is 5.92 Å². The van der Waals surface area contributed by atoms with Crippen LogP contribution in [0.1, 0.15) is 6.92 Å². The van der Waals surface area contributed by atoms with Gasteiger partial charge in [0.05, 0.1) is 0 Å². The maximum Gasteiger partial charge on any atom is 0.323 e. The SMILES string of the molecule is CC(CBr)C(=O)C=[N+]=[N-]. The Morgan fingerprint density at radius 2 is 2.56 bits per heavy atom.